The van der Waals surface area contributed by atoms with Gasteiger partial charge in [0.2, 0.25) is 0 Å². The highest BCUT2D eigenvalue weighted by atomic mass is 14.9. The van der Waals surface area contributed by atoms with Gasteiger partial charge in [-0.1, -0.05) is 24.3 Å². The van der Waals surface area contributed by atoms with E-state index in [2.05, 4.69) is 46.7 Å². The summed E-state index contributed by atoms with van der Waals surface area (Å²) in [4.78, 5) is 4.06. The minimum Gasteiger partial charge on any atom is -0.309 e. The second-order valence-electron chi connectivity index (χ2n) is 4.52. The molecule has 0 aliphatic carbocycles. The Morgan fingerprint density at radius 1 is 1.12 bits per heavy atom. The number of aromatic nitrogens is 1. The van der Waals surface area contributed by atoms with Gasteiger partial charge in [0.25, 0.3) is 0 Å². The smallest absolute Gasteiger partial charge is 0.0363 e. The SMILES string of the molecule is c1ccc2c(c1)CCNC2Cc1ccncc1. The molecule has 1 aliphatic rings. The number of rotatable bonds is 2. The average Bonchev–Trinajstić information content (AvgIpc) is 2.40. The van der Waals surface area contributed by atoms with Crippen molar-refractivity contribution >= 4 is 0 Å². The van der Waals surface area contributed by atoms with Crippen molar-refractivity contribution in [1.82, 2.24) is 10.3 Å². The first-order valence-electron chi connectivity index (χ1n) is 6.13. The molecule has 0 fully saturated rings. The fraction of sp³-hybridized carbons (Fsp3) is 0.267. The molecule has 2 aromatic rings. The van der Waals surface area contributed by atoms with Crippen LogP contribution in [0, 0.1) is 0 Å². The molecule has 0 saturated carbocycles. The Morgan fingerprint density at radius 3 is 2.82 bits per heavy atom. The summed E-state index contributed by atoms with van der Waals surface area (Å²) >= 11 is 0. The lowest BCUT2D eigenvalue weighted by atomic mass is 9.91. The molecule has 1 atom stereocenters. The number of hydrogen-bond acceptors (Lipinski definition) is 2. The topological polar surface area (TPSA) is 24.9 Å². The van der Waals surface area contributed by atoms with Crippen LogP contribution in [-0.2, 0) is 12.8 Å². The average molecular weight is 224 g/mol. The Hall–Kier alpha value is -1.67. The lowest BCUT2D eigenvalue weighted by Crippen LogP contribution is -2.31. The van der Waals surface area contributed by atoms with Crippen LogP contribution < -0.4 is 5.32 Å². The maximum absolute atomic E-state index is 4.06. The normalized spacial score (nSPS) is 18.7. The number of nitrogens with one attached hydrogen (secondary N) is 1. The quantitative estimate of drug-likeness (QED) is 0.847. The minimum absolute atomic E-state index is 0.447. The van der Waals surface area contributed by atoms with Gasteiger partial charge in [-0.05, 0) is 48.2 Å². The van der Waals surface area contributed by atoms with E-state index in [1.807, 2.05) is 12.4 Å². The third-order valence-electron chi connectivity index (χ3n) is 3.40. The third kappa shape index (κ3) is 2.22. The van der Waals surface area contributed by atoms with Crippen LogP contribution in [0.1, 0.15) is 22.7 Å². The Labute approximate surface area is 102 Å². The molecule has 0 amide bonds. The van der Waals surface area contributed by atoms with Crippen molar-refractivity contribution in [2.75, 3.05) is 6.54 Å². The Morgan fingerprint density at radius 2 is 1.94 bits per heavy atom. The third-order valence-corrected chi connectivity index (χ3v) is 3.40. The van der Waals surface area contributed by atoms with Crippen molar-refractivity contribution in [1.29, 1.82) is 0 Å². The molecule has 17 heavy (non-hydrogen) atoms. The molecule has 0 spiro atoms. The molecule has 0 saturated heterocycles. The number of nitrogens with zero attached hydrogens (tertiary/aromatic N) is 1. The van der Waals surface area contributed by atoms with Crippen molar-refractivity contribution in [3.63, 3.8) is 0 Å². The Kier molecular flexibility index (Phi) is 2.88. The number of benzene rings is 1. The first kappa shape index (κ1) is 10.5. The van der Waals surface area contributed by atoms with Crippen molar-refractivity contribution in [3.8, 4) is 0 Å². The van der Waals surface area contributed by atoms with Crippen LogP contribution in [0.25, 0.3) is 0 Å². The van der Waals surface area contributed by atoms with E-state index in [4.69, 9.17) is 0 Å². The lowest BCUT2D eigenvalue weighted by molar-refractivity contribution is 0.502. The zero-order valence-corrected chi connectivity index (χ0v) is 9.76. The van der Waals surface area contributed by atoms with E-state index in [0.29, 0.717) is 6.04 Å². The molecule has 2 heteroatoms. The monoisotopic (exact) mass is 224 g/mol. The summed E-state index contributed by atoms with van der Waals surface area (Å²) in [5.41, 5.74) is 4.29. The van der Waals surface area contributed by atoms with Crippen LogP contribution in [0.2, 0.25) is 0 Å². The van der Waals surface area contributed by atoms with Crippen molar-refractivity contribution in [2.45, 2.75) is 18.9 Å². The number of fused-ring (bicyclic) bond motifs is 1. The van der Waals surface area contributed by atoms with Gasteiger partial charge in [0, 0.05) is 18.4 Å². The summed E-state index contributed by atoms with van der Waals surface area (Å²) in [7, 11) is 0. The highest BCUT2D eigenvalue weighted by Crippen LogP contribution is 2.25. The zero-order valence-electron chi connectivity index (χ0n) is 9.76. The van der Waals surface area contributed by atoms with Gasteiger partial charge in [-0.25, -0.2) is 0 Å². The number of hydrogen-bond donors (Lipinski definition) is 1. The molecule has 0 bridgehead atoms. The molecule has 2 nitrogen and oxygen atoms in total. The van der Waals surface area contributed by atoms with E-state index in [0.717, 1.165) is 19.4 Å². The van der Waals surface area contributed by atoms with E-state index in [1.165, 1.54) is 16.7 Å². The molecule has 3 rings (SSSR count). The highest BCUT2D eigenvalue weighted by molar-refractivity contribution is 5.33. The van der Waals surface area contributed by atoms with Crippen molar-refractivity contribution < 1.29 is 0 Å². The molecular weight excluding hydrogens is 208 g/mol. The second kappa shape index (κ2) is 4.68. The molecule has 1 aliphatic heterocycles. The standard InChI is InChI=1S/C15H16N2/c1-2-4-14-13(3-1)7-10-17-15(14)11-12-5-8-16-9-6-12/h1-6,8-9,15,17H,7,10-11H2. The Bertz CT molecular complexity index is 493. The predicted octanol–water partition coefficient (Wildman–Crippen LogP) is 2.51. The van der Waals surface area contributed by atoms with Crippen LogP contribution in [0.4, 0.5) is 0 Å². The van der Waals surface area contributed by atoms with Gasteiger partial charge < -0.3 is 5.32 Å². The van der Waals surface area contributed by atoms with Gasteiger partial charge in [0.05, 0.1) is 0 Å². The molecular formula is C15H16N2. The van der Waals surface area contributed by atoms with Crippen LogP contribution in [0.15, 0.2) is 48.8 Å². The van der Waals surface area contributed by atoms with E-state index in [-0.39, 0.29) is 0 Å². The van der Waals surface area contributed by atoms with Gasteiger partial charge in [-0.3, -0.25) is 4.98 Å². The lowest BCUT2D eigenvalue weighted by Gasteiger charge is -2.27. The van der Waals surface area contributed by atoms with Crippen LogP contribution >= 0.6 is 0 Å². The Balaban J connectivity index is 1.86. The maximum atomic E-state index is 4.06. The van der Waals surface area contributed by atoms with E-state index in [1.54, 1.807) is 0 Å². The molecule has 2 heterocycles. The first-order chi connectivity index (χ1) is 8.43. The van der Waals surface area contributed by atoms with E-state index >= 15 is 0 Å². The van der Waals surface area contributed by atoms with E-state index < -0.39 is 0 Å². The minimum atomic E-state index is 0.447. The molecule has 0 radical (unpaired) electrons. The first-order valence-corrected chi connectivity index (χ1v) is 6.13. The summed E-state index contributed by atoms with van der Waals surface area (Å²) in [5, 5.41) is 3.60. The molecule has 1 aromatic heterocycles. The molecule has 1 aromatic carbocycles. The van der Waals surface area contributed by atoms with Gasteiger partial charge in [0.15, 0.2) is 0 Å². The summed E-state index contributed by atoms with van der Waals surface area (Å²) in [5.74, 6) is 0. The molecule has 86 valence electrons. The van der Waals surface area contributed by atoms with Crippen molar-refractivity contribution in [3.05, 3.63) is 65.5 Å². The second-order valence-corrected chi connectivity index (χ2v) is 4.52. The summed E-state index contributed by atoms with van der Waals surface area (Å²) in [6.07, 6.45) is 5.91. The van der Waals surface area contributed by atoms with Gasteiger partial charge >= 0.3 is 0 Å². The predicted molar refractivity (Wildman–Crippen MR) is 68.8 cm³/mol. The summed E-state index contributed by atoms with van der Waals surface area (Å²) in [6.45, 7) is 1.08. The van der Waals surface area contributed by atoms with Crippen LogP contribution in [0.3, 0.4) is 0 Å². The zero-order chi connectivity index (χ0) is 11.5. The number of pyridine rings is 1. The van der Waals surface area contributed by atoms with Gasteiger partial charge in [0.1, 0.15) is 0 Å². The molecule has 1 unspecified atom stereocenters. The van der Waals surface area contributed by atoms with Gasteiger partial charge in [-0.2, -0.15) is 0 Å². The maximum Gasteiger partial charge on any atom is 0.0363 e. The summed E-state index contributed by atoms with van der Waals surface area (Å²) < 4.78 is 0. The fourth-order valence-electron chi connectivity index (χ4n) is 2.53. The largest absolute Gasteiger partial charge is 0.309 e. The van der Waals surface area contributed by atoms with E-state index in [9.17, 15) is 0 Å². The van der Waals surface area contributed by atoms with Crippen LogP contribution in [-0.4, -0.2) is 11.5 Å². The summed E-state index contributed by atoms with van der Waals surface area (Å²) in [6, 6.07) is 13.4. The highest BCUT2D eigenvalue weighted by Gasteiger charge is 2.18. The van der Waals surface area contributed by atoms with Crippen molar-refractivity contribution in [2.24, 2.45) is 0 Å². The fourth-order valence-corrected chi connectivity index (χ4v) is 2.53. The van der Waals surface area contributed by atoms with Gasteiger partial charge in [-0.15, -0.1) is 0 Å². The van der Waals surface area contributed by atoms with Crippen LogP contribution in [0.5, 0.6) is 0 Å². The molecule has 1 N–H and O–H groups in total.